The van der Waals surface area contributed by atoms with Crippen LogP contribution < -0.4 is 19.5 Å². The molecule has 0 atom stereocenters. The first-order chi connectivity index (χ1) is 10.4. The van der Waals surface area contributed by atoms with Crippen LogP contribution in [0.2, 0.25) is 0 Å². The molecule has 6 heteroatoms. The Morgan fingerprint density at radius 1 is 1.10 bits per heavy atom. The molecular formula is C15H15N3O3. The summed E-state index contributed by atoms with van der Waals surface area (Å²) in [5.41, 5.74) is 0.917. The maximum absolute atomic E-state index is 5.67. The van der Waals surface area contributed by atoms with Gasteiger partial charge in [0.2, 0.25) is 12.7 Å². The summed E-state index contributed by atoms with van der Waals surface area (Å²) < 4.78 is 16.2. The third-order valence-electron chi connectivity index (χ3n) is 3.41. The molecule has 0 radical (unpaired) electrons. The lowest BCUT2D eigenvalue weighted by Gasteiger charge is -2.06. The van der Waals surface area contributed by atoms with Crippen molar-refractivity contribution in [2.24, 2.45) is 0 Å². The Morgan fingerprint density at radius 3 is 2.81 bits per heavy atom. The molecule has 1 aliphatic carbocycles. The van der Waals surface area contributed by atoms with E-state index in [1.807, 2.05) is 24.3 Å². The minimum Gasteiger partial charge on any atom is -0.454 e. The van der Waals surface area contributed by atoms with Gasteiger partial charge in [-0.15, -0.1) is 5.10 Å². The number of nitrogens with zero attached hydrogens (tertiary/aromatic N) is 2. The quantitative estimate of drug-likeness (QED) is 0.909. The van der Waals surface area contributed by atoms with Gasteiger partial charge < -0.3 is 19.5 Å². The molecule has 0 unspecified atom stereocenters. The van der Waals surface area contributed by atoms with Gasteiger partial charge in [0.15, 0.2) is 11.5 Å². The van der Waals surface area contributed by atoms with Crippen LogP contribution >= 0.6 is 0 Å². The topological polar surface area (TPSA) is 65.5 Å². The summed E-state index contributed by atoms with van der Waals surface area (Å²) in [6.45, 7) is 1.00. The second-order valence-corrected chi connectivity index (χ2v) is 5.14. The second kappa shape index (κ2) is 5.21. The molecule has 2 heterocycles. The van der Waals surface area contributed by atoms with Crippen LogP contribution in [-0.2, 0) is 6.54 Å². The van der Waals surface area contributed by atoms with E-state index in [2.05, 4.69) is 15.5 Å². The number of nitrogens with one attached hydrogen (secondary N) is 1. The van der Waals surface area contributed by atoms with Crippen LogP contribution in [0.15, 0.2) is 30.3 Å². The highest BCUT2D eigenvalue weighted by Crippen LogP contribution is 2.36. The van der Waals surface area contributed by atoms with Crippen molar-refractivity contribution in [3.63, 3.8) is 0 Å². The summed E-state index contributed by atoms with van der Waals surface area (Å²) in [5.74, 6) is 2.53. The number of ether oxygens (including phenoxy) is 3. The average molecular weight is 285 g/mol. The van der Waals surface area contributed by atoms with Crippen molar-refractivity contribution in [2.45, 2.75) is 25.4 Å². The third-order valence-corrected chi connectivity index (χ3v) is 3.41. The number of hydrogen-bond acceptors (Lipinski definition) is 6. The zero-order valence-electron chi connectivity index (χ0n) is 11.4. The lowest BCUT2D eigenvalue weighted by molar-refractivity contribution is 0.174. The Balaban J connectivity index is 1.41. The molecule has 0 spiro atoms. The highest BCUT2D eigenvalue weighted by Gasteiger charge is 2.20. The van der Waals surface area contributed by atoms with Crippen LogP contribution in [-0.4, -0.2) is 23.0 Å². The first-order valence-electron chi connectivity index (χ1n) is 7.00. The van der Waals surface area contributed by atoms with Crippen molar-refractivity contribution in [3.8, 4) is 23.1 Å². The molecule has 1 saturated carbocycles. The van der Waals surface area contributed by atoms with Gasteiger partial charge in [0.1, 0.15) is 5.75 Å². The molecule has 21 heavy (non-hydrogen) atoms. The lowest BCUT2D eigenvalue weighted by atomic mass is 10.3. The Morgan fingerprint density at radius 2 is 2.00 bits per heavy atom. The first-order valence-corrected chi connectivity index (χ1v) is 7.00. The fourth-order valence-electron chi connectivity index (χ4n) is 2.09. The Hall–Kier alpha value is -2.34. The molecule has 1 N–H and O–H groups in total. The SMILES string of the molecule is c1cc2c(cc1Oc1ccc(CNC3CC3)nn1)OCO2. The predicted octanol–water partition coefficient (Wildman–Crippen LogP) is 2.25. The highest BCUT2D eigenvalue weighted by molar-refractivity contribution is 5.47. The van der Waals surface area contributed by atoms with Gasteiger partial charge in [0.25, 0.3) is 0 Å². The molecule has 1 aromatic heterocycles. The van der Waals surface area contributed by atoms with Gasteiger partial charge in [-0.2, -0.15) is 5.10 Å². The van der Waals surface area contributed by atoms with Crippen molar-refractivity contribution < 1.29 is 14.2 Å². The summed E-state index contributed by atoms with van der Waals surface area (Å²) in [6, 6.07) is 9.83. The Labute approximate surface area is 122 Å². The number of fused-ring (bicyclic) bond motifs is 1. The van der Waals surface area contributed by atoms with Gasteiger partial charge in [0, 0.05) is 24.7 Å². The second-order valence-electron chi connectivity index (χ2n) is 5.14. The van der Waals surface area contributed by atoms with Crippen LogP contribution in [0, 0.1) is 0 Å². The molecule has 1 aromatic carbocycles. The predicted molar refractivity (Wildman–Crippen MR) is 74.5 cm³/mol. The van der Waals surface area contributed by atoms with Gasteiger partial charge in [-0.1, -0.05) is 0 Å². The molecule has 108 valence electrons. The van der Waals surface area contributed by atoms with E-state index < -0.39 is 0 Å². The Kier molecular flexibility index (Phi) is 3.08. The Bertz CT molecular complexity index is 641. The number of rotatable bonds is 5. The van der Waals surface area contributed by atoms with Crippen molar-refractivity contribution in [2.75, 3.05) is 6.79 Å². The molecule has 1 aliphatic heterocycles. The standard InChI is InChI=1S/C15H15N3O3/c1-2-10(1)16-8-11-3-6-15(18-17-11)21-12-4-5-13-14(7-12)20-9-19-13/h3-7,10,16H,1-2,8-9H2. The maximum Gasteiger partial charge on any atom is 0.238 e. The number of hydrogen-bond donors (Lipinski definition) is 1. The van der Waals surface area contributed by atoms with Crippen LogP contribution in [0.1, 0.15) is 18.5 Å². The lowest BCUT2D eigenvalue weighted by Crippen LogP contribution is -2.16. The molecule has 6 nitrogen and oxygen atoms in total. The van der Waals surface area contributed by atoms with Crippen LogP contribution in [0.25, 0.3) is 0 Å². The zero-order chi connectivity index (χ0) is 14.1. The zero-order valence-corrected chi connectivity index (χ0v) is 11.4. The van der Waals surface area contributed by atoms with Gasteiger partial charge >= 0.3 is 0 Å². The van der Waals surface area contributed by atoms with Gasteiger partial charge in [-0.3, -0.25) is 0 Å². The van der Waals surface area contributed by atoms with E-state index in [0.29, 0.717) is 23.4 Å². The smallest absolute Gasteiger partial charge is 0.238 e. The molecule has 0 saturated heterocycles. The van der Waals surface area contributed by atoms with E-state index in [9.17, 15) is 0 Å². The average Bonchev–Trinajstić information content (AvgIpc) is 3.23. The maximum atomic E-state index is 5.67. The van der Waals surface area contributed by atoms with Crippen LogP contribution in [0.4, 0.5) is 0 Å². The van der Waals surface area contributed by atoms with E-state index in [4.69, 9.17) is 14.2 Å². The van der Waals surface area contributed by atoms with E-state index in [-0.39, 0.29) is 6.79 Å². The van der Waals surface area contributed by atoms with Crippen LogP contribution in [0.5, 0.6) is 23.1 Å². The fourth-order valence-corrected chi connectivity index (χ4v) is 2.09. The summed E-state index contributed by atoms with van der Waals surface area (Å²) in [7, 11) is 0. The largest absolute Gasteiger partial charge is 0.454 e. The third kappa shape index (κ3) is 2.90. The van der Waals surface area contributed by atoms with Gasteiger partial charge in [-0.05, 0) is 31.0 Å². The van der Waals surface area contributed by atoms with E-state index >= 15 is 0 Å². The molecular weight excluding hydrogens is 270 g/mol. The molecule has 2 aliphatic rings. The van der Waals surface area contributed by atoms with Crippen molar-refractivity contribution in [1.29, 1.82) is 0 Å². The minimum atomic E-state index is 0.251. The molecule has 0 bridgehead atoms. The van der Waals surface area contributed by atoms with E-state index in [1.165, 1.54) is 12.8 Å². The summed E-state index contributed by atoms with van der Waals surface area (Å²) in [5, 5.41) is 11.6. The summed E-state index contributed by atoms with van der Waals surface area (Å²) in [4.78, 5) is 0. The molecule has 2 aromatic rings. The van der Waals surface area contributed by atoms with Gasteiger partial charge in [0.05, 0.1) is 5.69 Å². The van der Waals surface area contributed by atoms with E-state index in [1.54, 1.807) is 6.07 Å². The fraction of sp³-hybridized carbons (Fsp3) is 0.333. The summed E-state index contributed by atoms with van der Waals surface area (Å²) in [6.07, 6.45) is 2.53. The highest BCUT2D eigenvalue weighted by atomic mass is 16.7. The van der Waals surface area contributed by atoms with E-state index in [0.717, 1.165) is 18.0 Å². The van der Waals surface area contributed by atoms with Crippen LogP contribution in [0.3, 0.4) is 0 Å². The molecule has 1 fully saturated rings. The number of benzene rings is 1. The minimum absolute atomic E-state index is 0.251. The summed E-state index contributed by atoms with van der Waals surface area (Å²) >= 11 is 0. The van der Waals surface area contributed by atoms with Crippen molar-refractivity contribution >= 4 is 0 Å². The first kappa shape index (κ1) is 12.4. The monoisotopic (exact) mass is 285 g/mol. The van der Waals surface area contributed by atoms with Crippen molar-refractivity contribution in [1.82, 2.24) is 15.5 Å². The van der Waals surface area contributed by atoms with Gasteiger partial charge in [-0.25, -0.2) is 0 Å². The van der Waals surface area contributed by atoms with Crippen molar-refractivity contribution in [3.05, 3.63) is 36.0 Å². The number of aromatic nitrogens is 2. The molecule has 4 rings (SSSR count). The normalized spacial score (nSPS) is 16.0. The molecule has 0 amide bonds.